The van der Waals surface area contributed by atoms with Crippen LogP contribution in [0.5, 0.6) is 0 Å². The summed E-state index contributed by atoms with van der Waals surface area (Å²) in [6.45, 7) is 10.7. The number of nitrogens with zero attached hydrogens (tertiary/aromatic N) is 2. The summed E-state index contributed by atoms with van der Waals surface area (Å²) in [5.41, 5.74) is 2.65. The van der Waals surface area contributed by atoms with Gasteiger partial charge in [0.05, 0.1) is 13.2 Å². The lowest BCUT2D eigenvalue weighted by Crippen LogP contribution is -2.51. The summed E-state index contributed by atoms with van der Waals surface area (Å²) >= 11 is 0. The van der Waals surface area contributed by atoms with Crippen LogP contribution in [-0.4, -0.2) is 61.6 Å². The maximum atomic E-state index is 13.7. The minimum absolute atomic E-state index is 0.152. The highest BCUT2D eigenvalue weighted by Crippen LogP contribution is 2.59. The van der Waals surface area contributed by atoms with Crippen LogP contribution in [0.2, 0.25) is 0 Å². The van der Waals surface area contributed by atoms with Crippen LogP contribution in [0.15, 0.2) is 54.1 Å². The summed E-state index contributed by atoms with van der Waals surface area (Å²) in [5.74, 6) is 1.60. The molecule has 2 aromatic carbocycles. The normalized spacial score (nSPS) is 25.0. The summed E-state index contributed by atoms with van der Waals surface area (Å²) < 4.78 is 5.50. The molecule has 2 atom stereocenters. The zero-order chi connectivity index (χ0) is 21.4. The first-order valence-electron chi connectivity index (χ1n) is 11.8. The highest BCUT2D eigenvalue weighted by atomic mass is 16.5. The van der Waals surface area contributed by atoms with E-state index in [0.717, 1.165) is 62.8 Å². The van der Waals surface area contributed by atoms with Crippen molar-refractivity contribution in [3.8, 4) is 0 Å². The summed E-state index contributed by atoms with van der Waals surface area (Å²) in [4.78, 5) is 18.2. The van der Waals surface area contributed by atoms with E-state index in [0.29, 0.717) is 11.3 Å². The second kappa shape index (κ2) is 8.40. The molecule has 4 heteroatoms. The molecule has 0 radical (unpaired) electrons. The Bertz CT molecular complexity index is 990. The molecule has 1 heterocycles. The molecule has 31 heavy (non-hydrogen) atoms. The van der Waals surface area contributed by atoms with Gasteiger partial charge in [0.2, 0.25) is 0 Å². The van der Waals surface area contributed by atoms with Gasteiger partial charge in [-0.25, -0.2) is 0 Å². The standard InChI is InChI=1S/C27H34N2O2/c1-27(2)24-10-9-23(25(27)18-24)19-29(12-11-28-13-15-31-16-14-28)26(30)22-8-7-20-5-3-4-6-21(20)17-22/h3-9,17,24-25H,10-16,18-19H2,1-2H3. The summed E-state index contributed by atoms with van der Waals surface area (Å²) in [7, 11) is 0. The molecule has 2 unspecified atom stereocenters. The Morgan fingerprint density at radius 2 is 1.90 bits per heavy atom. The number of hydrogen-bond donors (Lipinski definition) is 0. The second-order valence-corrected chi connectivity index (χ2v) is 10.1. The van der Waals surface area contributed by atoms with Crippen molar-refractivity contribution in [2.75, 3.05) is 45.9 Å². The number of rotatable bonds is 6. The monoisotopic (exact) mass is 418 g/mol. The van der Waals surface area contributed by atoms with Gasteiger partial charge < -0.3 is 9.64 Å². The van der Waals surface area contributed by atoms with Crippen molar-refractivity contribution >= 4 is 16.7 Å². The number of fused-ring (bicyclic) bond motifs is 2. The van der Waals surface area contributed by atoms with Crippen molar-refractivity contribution in [2.45, 2.75) is 26.7 Å². The van der Waals surface area contributed by atoms with Crippen molar-refractivity contribution in [3.05, 3.63) is 59.7 Å². The van der Waals surface area contributed by atoms with Crippen LogP contribution in [0, 0.1) is 17.3 Å². The molecule has 1 saturated heterocycles. The molecule has 0 N–H and O–H groups in total. The van der Waals surface area contributed by atoms with Crippen LogP contribution >= 0.6 is 0 Å². The second-order valence-electron chi connectivity index (χ2n) is 10.1. The number of morpholine rings is 1. The number of carbonyl (C=O) groups excluding carboxylic acids is 1. The number of ether oxygens (including phenoxy) is 1. The molecule has 3 aliphatic carbocycles. The van der Waals surface area contributed by atoms with Crippen molar-refractivity contribution in [1.82, 2.24) is 9.80 Å². The number of carbonyl (C=O) groups is 1. The topological polar surface area (TPSA) is 32.8 Å². The van der Waals surface area contributed by atoms with Gasteiger partial charge in [0, 0.05) is 38.3 Å². The molecule has 2 bridgehead atoms. The largest absolute Gasteiger partial charge is 0.379 e. The van der Waals surface area contributed by atoms with Gasteiger partial charge in [0.1, 0.15) is 0 Å². The molecule has 4 aliphatic rings. The predicted molar refractivity (Wildman–Crippen MR) is 125 cm³/mol. The number of amides is 1. The van der Waals surface area contributed by atoms with Gasteiger partial charge in [-0.05, 0) is 53.0 Å². The molecular weight excluding hydrogens is 384 g/mol. The highest BCUT2D eigenvalue weighted by molar-refractivity contribution is 5.98. The molecule has 2 fully saturated rings. The molecule has 1 saturated carbocycles. The Kier molecular flexibility index (Phi) is 5.61. The molecule has 1 aliphatic heterocycles. The molecule has 2 aromatic rings. The van der Waals surface area contributed by atoms with Gasteiger partial charge in [-0.2, -0.15) is 0 Å². The minimum atomic E-state index is 0.152. The van der Waals surface area contributed by atoms with Gasteiger partial charge in [-0.3, -0.25) is 9.69 Å². The molecule has 0 spiro atoms. The third-order valence-corrected chi connectivity index (χ3v) is 8.03. The molecule has 164 valence electrons. The Morgan fingerprint density at radius 3 is 2.65 bits per heavy atom. The Hall–Kier alpha value is -2.17. The van der Waals surface area contributed by atoms with E-state index in [4.69, 9.17) is 4.74 Å². The smallest absolute Gasteiger partial charge is 0.254 e. The lowest BCUT2D eigenvalue weighted by Gasteiger charge is -2.57. The van der Waals surface area contributed by atoms with Gasteiger partial charge in [-0.1, -0.05) is 55.8 Å². The van der Waals surface area contributed by atoms with Crippen LogP contribution in [0.1, 0.15) is 37.0 Å². The van der Waals surface area contributed by atoms with E-state index in [1.807, 2.05) is 18.2 Å². The van der Waals surface area contributed by atoms with E-state index >= 15 is 0 Å². The van der Waals surface area contributed by atoms with Gasteiger partial charge in [0.25, 0.3) is 5.91 Å². The third kappa shape index (κ3) is 4.04. The number of allylic oxidation sites excluding steroid dienone is 1. The fraction of sp³-hybridized carbons (Fsp3) is 0.519. The number of hydrogen-bond acceptors (Lipinski definition) is 3. The van der Waals surface area contributed by atoms with E-state index in [1.54, 1.807) is 0 Å². The quantitative estimate of drug-likeness (QED) is 0.643. The van der Waals surface area contributed by atoms with Crippen molar-refractivity contribution in [3.63, 3.8) is 0 Å². The van der Waals surface area contributed by atoms with E-state index in [2.05, 4.69) is 54.0 Å². The summed E-state index contributed by atoms with van der Waals surface area (Å²) in [5, 5.41) is 2.30. The SMILES string of the molecule is CC1(C)C2CC=C(CN(CCN3CCOCC3)C(=O)c3ccc4ccccc4c3)C1C2. The first kappa shape index (κ1) is 20.7. The van der Waals surface area contributed by atoms with Crippen molar-refractivity contribution in [2.24, 2.45) is 17.3 Å². The molecule has 0 aromatic heterocycles. The summed E-state index contributed by atoms with van der Waals surface area (Å²) in [6, 6.07) is 14.4. The maximum Gasteiger partial charge on any atom is 0.254 e. The Morgan fingerprint density at radius 1 is 1.13 bits per heavy atom. The summed E-state index contributed by atoms with van der Waals surface area (Å²) in [6.07, 6.45) is 4.89. The van der Waals surface area contributed by atoms with Gasteiger partial charge >= 0.3 is 0 Å². The van der Waals surface area contributed by atoms with Gasteiger partial charge in [0.15, 0.2) is 0 Å². The Balaban J connectivity index is 1.37. The van der Waals surface area contributed by atoms with E-state index < -0.39 is 0 Å². The third-order valence-electron chi connectivity index (χ3n) is 8.03. The number of benzene rings is 2. The predicted octanol–water partition coefficient (Wildman–Crippen LogP) is 4.61. The van der Waals surface area contributed by atoms with Crippen LogP contribution in [0.4, 0.5) is 0 Å². The van der Waals surface area contributed by atoms with Crippen molar-refractivity contribution in [1.29, 1.82) is 0 Å². The fourth-order valence-corrected chi connectivity index (χ4v) is 5.72. The fourth-order valence-electron chi connectivity index (χ4n) is 5.72. The highest BCUT2D eigenvalue weighted by Gasteiger charge is 2.51. The molecule has 4 nitrogen and oxygen atoms in total. The Labute approximate surface area is 185 Å². The van der Waals surface area contributed by atoms with Crippen LogP contribution in [0.3, 0.4) is 0 Å². The van der Waals surface area contributed by atoms with Crippen molar-refractivity contribution < 1.29 is 9.53 Å². The molecule has 1 amide bonds. The van der Waals surface area contributed by atoms with E-state index in [9.17, 15) is 4.79 Å². The maximum absolute atomic E-state index is 13.7. The lowest BCUT2D eigenvalue weighted by molar-refractivity contribution is -0.0109. The average molecular weight is 419 g/mol. The first-order valence-corrected chi connectivity index (χ1v) is 11.8. The lowest BCUT2D eigenvalue weighted by atomic mass is 9.49. The average Bonchev–Trinajstić information content (AvgIpc) is 2.81. The van der Waals surface area contributed by atoms with E-state index in [1.165, 1.54) is 23.8 Å². The van der Waals surface area contributed by atoms with Crippen LogP contribution in [-0.2, 0) is 4.74 Å². The zero-order valence-corrected chi connectivity index (χ0v) is 18.8. The van der Waals surface area contributed by atoms with Gasteiger partial charge in [-0.15, -0.1) is 0 Å². The minimum Gasteiger partial charge on any atom is -0.379 e. The van der Waals surface area contributed by atoms with Crippen LogP contribution in [0.25, 0.3) is 10.8 Å². The van der Waals surface area contributed by atoms with E-state index in [-0.39, 0.29) is 5.91 Å². The van der Waals surface area contributed by atoms with Crippen LogP contribution < -0.4 is 0 Å². The molecule has 6 rings (SSSR count). The first-order chi connectivity index (χ1) is 15.0. The zero-order valence-electron chi connectivity index (χ0n) is 18.8. The molecular formula is C27H34N2O2.